The van der Waals surface area contributed by atoms with Crippen molar-refractivity contribution in [2.24, 2.45) is 11.8 Å². The third kappa shape index (κ3) is 5.06. The topological polar surface area (TPSA) is 99.3 Å². The number of carbonyl (C=O) groups excluding carboxylic acids is 1. The first kappa shape index (κ1) is 16.9. The van der Waals surface area contributed by atoms with Gasteiger partial charge in [-0.25, -0.2) is 4.79 Å². The molecule has 0 radical (unpaired) electrons. The van der Waals surface area contributed by atoms with Crippen molar-refractivity contribution in [3.63, 3.8) is 0 Å². The SMILES string of the molecule is CC(C)Cc1cc(C(=O)NC(C(=O)O)C(C)C)cc(=O)[nH]1. The van der Waals surface area contributed by atoms with Gasteiger partial charge >= 0.3 is 5.97 Å². The number of aromatic nitrogens is 1. The summed E-state index contributed by atoms with van der Waals surface area (Å²) in [5.41, 5.74) is 0.482. The van der Waals surface area contributed by atoms with Crippen LogP contribution in [0.3, 0.4) is 0 Å². The van der Waals surface area contributed by atoms with Crippen LogP contribution in [0, 0.1) is 11.8 Å². The van der Waals surface area contributed by atoms with E-state index in [1.54, 1.807) is 19.9 Å². The van der Waals surface area contributed by atoms with Crippen LogP contribution < -0.4 is 10.9 Å². The zero-order valence-corrected chi connectivity index (χ0v) is 12.8. The van der Waals surface area contributed by atoms with Gasteiger partial charge in [0.25, 0.3) is 5.91 Å². The standard InChI is InChI=1S/C15H22N2O4/c1-8(2)5-11-6-10(7-12(18)16-11)14(19)17-13(9(3)4)15(20)21/h6-9,13H,5H2,1-4H3,(H,16,18)(H,17,19)(H,20,21). The number of H-pyrrole nitrogens is 1. The van der Waals surface area contributed by atoms with Crippen molar-refractivity contribution in [3.05, 3.63) is 33.7 Å². The molecule has 6 heteroatoms. The van der Waals surface area contributed by atoms with Crippen LogP contribution in [0.2, 0.25) is 0 Å². The van der Waals surface area contributed by atoms with Crippen LogP contribution in [0.1, 0.15) is 43.7 Å². The average molecular weight is 294 g/mol. The average Bonchev–Trinajstić information content (AvgIpc) is 2.33. The van der Waals surface area contributed by atoms with Gasteiger partial charge in [-0.15, -0.1) is 0 Å². The smallest absolute Gasteiger partial charge is 0.326 e. The number of hydrogen-bond acceptors (Lipinski definition) is 3. The van der Waals surface area contributed by atoms with Crippen molar-refractivity contribution in [2.75, 3.05) is 0 Å². The monoisotopic (exact) mass is 294 g/mol. The lowest BCUT2D eigenvalue weighted by Gasteiger charge is -2.18. The third-order valence-electron chi connectivity index (χ3n) is 3.01. The number of aliphatic carboxylic acids is 1. The summed E-state index contributed by atoms with van der Waals surface area (Å²) in [5.74, 6) is -1.55. The van der Waals surface area contributed by atoms with Gasteiger partial charge in [0, 0.05) is 17.3 Å². The normalized spacial score (nSPS) is 12.5. The fraction of sp³-hybridized carbons (Fsp3) is 0.533. The maximum Gasteiger partial charge on any atom is 0.326 e. The summed E-state index contributed by atoms with van der Waals surface area (Å²) in [4.78, 5) is 37.5. The first-order valence-electron chi connectivity index (χ1n) is 6.97. The molecule has 0 fully saturated rings. The Hall–Kier alpha value is -2.11. The van der Waals surface area contributed by atoms with E-state index in [0.717, 1.165) is 0 Å². The number of carbonyl (C=O) groups is 2. The Kier molecular flexibility index (Phi) is 5.69. The third-order valence-corrected chi connectivity index (χ3v) is 3.01. The van der Waals surface area contributed by atoms with Crippen molar-refractivity contribution < 1.29 is 14.7 Å². The van der Waals surface area contributed by atoms with Gasteiger partial charge in [-0.3, -0.25) is 9.59 Å². The van der Waals surface area contributed by atoms with E-state index >= 15 is 0 Å². The van der Waals surface area contributed by atoms with Crippen LogP contribution in [0.4, 0.5) is 0 Å². The minimum absolute atomic E-state index is 0.182. The molecule has 1 amide bonds. The summed E-state index contributed by atoms with van der Waals surface area (Å²) in [7, 11) is 0. The Balaban J connectivity index is 2.99. The number of carboxylic acid groups (broad SMARTS) is 1. The molecule has 1 atom stereocenters. The second kappa shape index (κ2) is 7.06. The molecule has 21 heavy (non-hydrogen) atoms. The quantitative estimate of drug-likeness (QED) is 0.738. The molecule has 6 nitrogen and oxygen atoms in total. The van der Waals surface area contributed by atoms with E-state index in [1.165, 1.54) is 6.07 Å². The second-order valence-corrected chi connectivity index (χ2v) is 5.89. The molecule has 0 aromatic carbocycles. The van der Waals surface area contributed by atoms with E-state index < -0.39 is 17.9 Å². The second-order valence-electron chi connectivity index (χ2n) is 5.89. The molecule has 1 heterocycles. The fourth-order valence-electron chi connectivity index (χ4n) is 2.02. The molecule has 1 unspecified atom stereocenters. The highest BCUT2D eigenvalue weighted by Gasteiger charge is 2.24. The van der Waals surface area contributed by atoms with Gasteiger partial charge in [0.1, 0.15) is 6.04 Å². The minimum Gasteiger partial charge on any atom is -0.480 e. The Morgan fingerprint density at radius 3 is 2.33 bits per heavy atom. The summed E-state index contributed by atoms with van der Waals surface area (Å²) in [5, 5.41) is 11.5. The van der Waals surface area contributed by atoms with Crippen molar-refractivity contribution in [1.82, 2.24) is 10.3 Å². The Morgan fingerprint density at radius 2 is 1.86 bits per heavy atom. The summed E-state index contributed by atoms with van der Waals surface area (Å²) in [6, 6.07) is 1.79. The van der Waals surface area contributed by atoms with Gasteiger partial charge in [-0.1, -0.05) is 27.7 Å². The fourth-order valence-corrected chi connectivity index (χ4v) is 2.02. The lowest BCUT2D eigenvalue weighted by molar-refractivity contribution is -0.140. The zero-order chi connectivity index (χ0) is 16.2. The highest BCUT2D eigenvalue weighted by atomic mass is 16.4. The largest absolute Gasteiger partial charge is 0.480 e. The number of pyridine rings is 1. The first-order chi connectivity index (χ1) is 9.70. The van der Waals surface area contributed by atoms with Crippen molar-refractivity contribution in [3.8, 4) is 0 Å². The molecule has 1 aromatic rings. The van der Waals surface area contributed by atoms with E-state index in [-0.39, 0.29) is 17.0 Å². The van der Waals surface area contributed by atoms with Gasteiger partial charge in [0.15, 0.2) is 0 Å². The van der Waals surface area contributed by atoms with Crippen LogP contribution in [0.5, 0.6) is 0 Å². The molecular formula is C15H22N2O4. The van der Waals surface area contributed by atoms with Crippen molar-refractivity contribution in [1.29, 1.82) is 0 Å². The van der Waals surface area contributed by atoms with E-state index in [9.17, 15) is 14.4 Å². The number of amides is 1. The van der Waals surface area contributed by atoms with E-state index in [2.05, 4.69) is 10.3 Å². The van der Waals surface area contributed by atoms with E-state index in [4.69, 9.17) is 5.11 Å². The Bertz CT molecular complexity index is 575. The number of aromatic amines is 1. The molecule has 0 saturated heterocycles. The summed E-state index contributed by atoms with van der Waals surface area (Å²) >= 11 is 0. The van der Waals surface area contributed by atoms with Gasteiger partial charge in [-0.05, 0) is 24.3 Å². The molecule has 0 spiro atoms. The first-order valence-corrected chi connectivity index (χ1v) is 6.97. The van der Waals surface area contributed by atoms with Crippen LogP contribution in [0.25, 0.3) is 0 Å². The summed E-state index contributed by atoms with van der Waals surface area (Å²) in [6.07, 6.45) is 0.642. The molecule has 0 aliphatic carbocycles. The van der Waals surface area contributed by atoms with Crippen LogP contribution >= 0.6 is 0 Å². The van der Waals surface area contributed by atoms with Gasteiger partial charge in [0.2, 0.25) is 5.56 Å². The van der Waals surface area contributed by atoms with Crippen LogP contribution in [-0.2, 0) is 11.2 Å². The van der Waals surface area contributed by atoms with Gasteiger partial charge in [0.05, 0.1) is 0 Å². The maximum atomic E-state index is 12.1. The molecule has 0 aliphatic rings. The molecule has 116 valence electrons. The van der Waals surface area contributed by atoms with E-state index in [1.807, 2.05) is 13.8 Å². The van der Waals surface area contributed by atoms with Crippen LogP contribution in [0.15, 0.2) is 16.9 Å². The van der Waals surface area contributed by atoms with E-state index in [0.29, 0.717) is 18.0 Å². The molecular weight excluding hydrogens is 272 g/mol. The number of hydrogen-bond donors (Lipinski definition) is 3. The predicted octanol–water partition coefficient (Wildman–Crippen LogP) is 1.41. The van der Waals surface area contributed by atoms with Gasteiger partial charge < -0.3 is 15.4 Å². The van der Waals surface area contributed by atoms with Crippen LogP contribution in [-0.4, -0.2) is 28.0 Å². The summed E-state index contributed by atoms with van der Waals surface area (Å²) in [6.45, 7) is 7.43. The highest BCUT2D eigenvalue weighted by Crippen LogP contribution is 2.08. The molecule has 0 bridgehead atoms. The Morgan fingerprint density at radius 1 is 1.24 bits per heavy atom. The molecule has 0 aliphatic heterocycles. The lowest BCUT2D eigenvalue weighted by atomic mass is 10.0. The lowest BCUT2D eigenvalue weighted by Crippen LogP contribution is -2.44. The molecule has 1 rings (SSSR count). The number of rotatable bonds is 6. The minimum atomic E-state index is -1.09. The van der Waals surface area contributed by atoms with Gasteiger partial charge in [-0.2, -0.15) is 0 Å². The maximum absolute atomic E-state index is 12.1. The summed E-state index contributed by atoms with van der Waals surface area (Å²) < 4.78 is 0. The zero-order valence-electron chi connectivity index (χ0n) is 12.8. The molecule has 1 aromatic heterocycles. The number of carboxylic acids is 1. The Labute approximate surface area is 123 Å². The molecule has 3 N–H and O–H groups in total. The van der Waals surface area contributed by atoms with Crippen molar-refractivity contribution in [2.45, 2.75) is 40.2 Å². The molecule has 0 saturated carbocycles. The van der Waals surface area contributed by atoms with Crippen molar-refractivity contribution >= 4 is 11.9 Å². The highest BCUT2D eigenvalue weighted by molar-refractivity contribution is 5.96. The number of nitrogens with one attached hydrogen (secondary N) is 2. The predicted molar refractivity (Wildman–Crippen MR) is 79.3 cm³/mol.